The van der Waals surface area contributed by atoms with Crippen LogP contribution >= 0.6 is 0 Å². The summed E-state index contributed by atoms with van der Waals surface area (Å²) in [7, 11) is 1.70. The molecule has 0 saturated heterocycles. The number of methoxy groups -OCH3 is 1. The van der Waals surface area contributed by atoms with E-state index in [9.17, 15) is 0 Å². The highest BCUT2D eigenvalue weighted by Gasteiger charge is 2.08. The van der Waals surface area contributed by atoms with Crippen molar-refractivity contribution in [3.05, 3.63) is 66.7 Å². The van der Waals surface area contributed by atoms with Crippen molar-refractivity contribution in [3.63, 3.8) is 0 Å². The Morgan fingerprint density at radius 1 is 1.05 bits per heavy atom. The Bertz CT molecular complexity index is 887. The Hall–Kier alpha value is -2.75. The largest absolute Gasteiger partial charge is 0.496 e. The number of rotatable bonds is 3. The maximum atomic E-state index is 5.41. The topological polar surface area (TPSA) is 31.5 Å². The molecule has 0 atom stereocenters. The van der Waals surface area contributed by atoms with Gasteiger partial charge in [0.1, 0.15) is 11.4 Å². The lowest BCUT2D eigenvalue weighted by Gasteiger charge is -2.05. The molecule has 3 heterocycles. The second-order valence-electron chi connectivity index (χ2n) is 5.04. The summed E-state index contributed by atoms with van der Waals surface area (Å²) in [5.41, 5.74) is 3.18. The molecule has 0 N–H and O–H groups in total. The molecule has 0 spiro atoms. The zero-order chi connectivity index (χ0) is 14.2. The van der Waals surface area contributed by atoms with Crippen molar-refractivity contribution in [2.75, 3.05) is 7.11 Å². The Morgan fingerprint density at radius 3 is 2.86 bits per heavy atom. The molecule has 0 aliphatic heterocycles. The van der Waals surface area contributed by atoms with Crippen molar-refractivity contribution >= 4 is 16.6 Å². The van der Waals surface area contributed by atoms with Gasteiger partial charge in [-0.25, -0.2) is 4.98 Å². The van der Waals surface area contributed by atoms with Crippen LogP contribution in [-0.2, 0) is 6.54 Å². The van der Waals surface area contributed by atoms with Gasteiger partial charge in [-0.3, -0.25) is 0 Å². The van der Waals surface area contributed by atoms with Gasteiger partial charge < -0.3 is 13.7 Å². The third-order valence-electron chi connectivity index (χ3n) is 3.74. The van der Waals surface area contributed by atoms with E-state index in [1.54, 1.807) is 7.11 Å². The summed E-state index contributed by atoms with van der Waals surface area (Å²) in [6, 6.07) is 14.2. The molecular weight excluding hydrogens is 262 g/mol. The number of ether oxygens (including phenoxy) is 1. The van der Waals surface area contributed by atoms with Crippen LogP contribution in [0.4, 0.5) is 0 Å². The normalized spacial score (nSPS) is 11.3. The van der Waals surface area contributed by atoms with Crippen LogP contribution in [0.25, 0.3) is 16.6 Å². The van der Waals surface area contributed by atoms with Gasteiger partial charge in [-0.05, 0) is 30.3 Å². The number of aromatic nitrogens is 3. The molecule has 0 aliphatic rings. The third-order valence-corrected chi connectivity index (χ3v) is 3.74. The second kappa shape index (κ2) is 4.66. The van der Waals surface area contributed by atoms with Crippen LogP contribution in [0.3, 0.4) is 0 Å². The molecule has 0 amide bonds. The number of nitrogens with zero attached hydrogens (tertiary/aromatic N) is 3. The average molecular weight is 277 g/mol. The quantitative estimate of drug-likeness (QED) is 0.575. The molecule has 0 fully saturated rings. The van der Waals surface area contributed by atoms with Gasteiger partial charge in [0, 0.05) is 24.0 Å². The van der Waals surface area contributed by atoms with E-state index < -0.39 is 0 Å². The number of hydrogen-bond acceptors (Lipinski definition) is 2. The number of hydrogen-bond donors (Lipinski definition) is 0. The summed E-state index contributed by atoms with van der Waals surface area (Å²) in [5.74, 6) is 0.904. The summed E-state index contributed by atoms with van der Waals surface area (Å²) >= 11 is 0. The van der Waals surface area contributed by atoms with E-state index in [4.69, 9.17) is 4.74 Å². The Kier molecular flexibility index (Phi) is 2.67. The predicted octanol–water partition coefficient (Wildman–Crippen LogP) is 3.35. The van der Waals surface area contributed by atoms with Crippen LogP contribution in [0.5, 0.6) is 5.75 Å². The summed E-state index contributed by atoms with van der Waals surface area (Å²) in [4.78, 5) is 4.65. The number of benzene rings is 1. The Labute approximate surface area is 122 Å². The predicted molar refractivity (Wildman–Crippen MR) is 82.8 cm³/mol. The average Bonchev–Trinajstić information content (AvgIpc) is 3.11. The molecule has 4 heteroatoms. The van der Waals surface area contributed by atoms with Gasteiger partial charge in [-0.15, -0.1) is 0 Å². The highest BCUT2D eigenvalue weighted by molar-refractivity contribution is 5.86. The molecule has 0 bridgehead atoms. The molecule has 0 unspecified atom stereocenters. The maximum Gasteiger partial charge on any atom is 0.137 e. The van der Waals surface area contributed by atoms with Gasteiger partial charge in [0.15, 0.2) is 0 Å². The lowest BCUT2D eigenvalue weighted by Crippen LogP contribution is -1.98. The third kappa shape index (κ3) is 1.96. The first-order valence-electron chi connectivity index (χ1n) is 6.89. The fourth-order valence-electron chi connectivity index (χ4n) is 2.75. The van der Waals surface area contributed by atoms with Crippen molar-refractivity contribution in [1.29, 1.82) is 0 Å². The molecule has 4 aromatic rings. The molecule has 0 radical (unpaired) electrons. The molecule has 3 aromatic heterocycles. The summed E-state index contributed by atoms with van der Waals surface area (Å²) < 4.78 is 9.64. The van der Waals surface area contributed by atoms with E-state index in [1.807, 2.05) is 40.9 Å². The van der Waals surface area contributed by atoms with Gasteiger partial charge in [0.05, 0.1) is 24.9 Å². The SMILES string of the molecule is COc1cccc2c1ccn2Cc1cn2ccccc2n1. The van der Waals surface area contributed by atoms with E-state index in [-0.39, 0.29) is 0 Å². The first kappa shape index (κ1) is 12.0. The van der Waals surface area contributed by atoms with Gasteiger partial charge in [0.25, 0.3) is 0 Å². The molecule has 4 nitrogen and oxygen atoms in total. The standard InChI is InChI=1S/C17H15N3O/c1-21-16-6-4-5-15-14(16)8-10-19(15)11-13-12-20-9-3-2-7-17(20)18-13/h2-10,12H,11H2,1H3. The molecule has 21 heavy (non-hydrogen) atoms. The number of fused-ring (bicyclic) bond motifs is 2. The number of imidazole rings is 1. The monoisotopic (exact) mass is 277 g/mol. The minimum absolute atomic E-state index is 0.748. The summed E-state index contributed by atoms with van der Waals surface area (Å²) in [6.07, 6.45) is 6.17. The molecule has 104 valence electrons. The minimum Gasteiger partial charge on any atom is -0.496 e. The fraction of sp³-hybridized carbons (Fsp3) is 0.118. The van der Waals surface area contributed by atoms with Gasteiger partial charge in [-0.1, -0.05) is 12.1 Å². The highest BCUT2D eigenvalue weighted by atomic mass is 16.5. The van der Waals surface area contributed by atoms with Crippen molar-refractivity contribution < 1.29 is 4.74 Å². The van der Waals surface area contributed by atoms with Crippen molar-refractivity contribution in [1.82, 2.24) is 14.0 Å². The molecule has 0 saturated carbocycles. The summed E-state index contributed by atoms with van der Waals surface area (Å²) in [6.45, 7) is 0.748. The lowest BCUT2D eigenvalue weighted by atomic mass is 10.2. The maximum absolute atomic E-state index is 5.41. The van der Waals surface area contributed by atoms with Crippen LogP contribution in [0, 0.1) is 0 Å². The van der Waals surface area contributed by atoms with Gasteiger partial charge in [0.2, 0.25) is 0 Å². The second-order valence-corrected chi connectivity index (χ2v) is 5.04. The molecule has 0 aliphatic carbocycles. The first-order chi connectivity index (χ1) is 10.3. The smallest absolute Gasteiger partial charge is 0.137 e. The van der Waals surface area contributed by atoms with Crippen LogP contribution in [0.1, 0.15) is 5.69 Å². The highest BCUT2D eigenvalue weighted by Crippen LogP contribution is 2.26. The van der Waals surface area contributed by atoms with Gasteiger partial charge in [-0.2, -0.15) is 0 Å². The van der Waals surface area contributed by atoms with Gasteiger partial charge >= 0.3 is 0 Å². The zero-order valence-electron chi connectivity index (χ0n) is 11.7. The number of pyridine rings is 1. The van der Waals surface area contributed by atoms with E-state index in [0.29, 0.717) is 0 Å². The van der Waals surface area contributed by atoms with E-state index >= 15 is 0 Å². The van der Waals surface area contributed by atoms with Crippen LogP contribution in [0.15, 0.2) is 61.1 Å². The van der Waals surface area contributed by atoms with E-state index in [1.165, 1.54) is 0 Å². The Balaban J connectivity index is 1.77. The fourth-order valence-corrected chi connectivity index (χ4v) is 2.75. The van der Waals surface area contributed by atoms with E-state index in [2.05, 4.69) is 34.1 Å². The summed E-state index contributed by atoms with van der Waals surface area (Å²) in [5, 5.41) is 1.13. The van der Waals surface area contributed by atoms with Crippen LogP contribution in [0.2, 0.25) is 0 Å². The molecule has 4 rings (SSSR count). The van der Waals surface area contributed by atoms with Crippen LogP contribution < -0.4 is 4.74 Å². The minimum atomic E-state index is 0.748. The van der Waals surface area contributed by atoms with Crippen molar-refractivity contribution in [2.24, 2.45) is 0 Å². The van der Waals surface area contributed by atoms with E-state index in [0.717, 1.165) is 34.5 Å². The zero-order valence-corrected chi connectivity index (χ0v) is 11.7. The van der Waals surface area contributed by atoms with Crippen molar-refractivity contribution in [2.45, 2.75) is 6.54 Å². The lowest BCUT2D eigenvalue weighted by molar-refractivity contribution is 0.420. The molecule has 1 aromatic carbocycles. The van der Waals surface area contributed by atoms with Crippen LogP contribution in [-0.4, -0.2) is 21.1 Å². The molecular formula is C17H15N3O. The van der Waals surface area contributed by atoms with Crippen molar-refractivity contribution in [3.8, 4) is 5.75 Å². The first-order valence-corrected chi connectivity index (χ1v) is 6.89. The Morgan fingerprint density at radius 2 is 2.00 bits per heavy atom.